The van der Waals surface area contributed by atoms with E-state index in [9.17, 15) is 4.79 Å². The first-order chi connectivity index (χ1) is 14.1. The number of aromatic nitrogens is 3. The van der Waals surface area contributed by atoms with Gasteiger partial charge in [0.25, 0.3) is 5.91 Å². The van der Waals surface area contributed by atoms with Gasteiger partial charge in [0, 0.05) is 24.8 Å². The molecule has 2 aromatic heterocycles. The lowest BCUT2D eigenvalue weighted by Crippen LogP contribution is -2.28. The van der Waals surface area contributed by atoms with Crippen LogP contribution in [0, 0.1) is 6.92 Å². The molecule has 1 aromatic carbocycles. The molecular formula is C21H24N6O2. The summed E-state index contributed by atoms with van der Waals surface area (Å²) in [5.74, 6) is 2.57. The zero-order valence-electron chi connectivity index (χ0n) is 16.5. The lowest BCUT2D eigenvalue weighted by Gasteiger charge is -2.09. The lowest BCUT2D eigenvalue weighted by atomic mass is 10.2. The van der Waals surface area contributed by atoms with Crippen molar-refractivity contribution < 1.29 is 9.53 Å². The fourth-order valence-corrected chi connectivity index (χ4v) is 2.57. The number of aryl methyl sites for hydroxylation is 1. The first-order valence-electron chi connectivity index (χ1n) is 9.42. The number of nitrogens with zero attached hydrogens (tertiary/aromatic N) is 3. The van der Waals surface area contributed by atoms with Crippen molar-refractivity contribution in [3.05, 3.63) is 65.9 Å². The molecule has 0 saturated carbocycles. The Labute approximate surface area is 169 Å². The standard InChI is InChI=1S/C21H24N6O2/c1-3-29-17-6-4-16(5-7-17)21(28)24-13-12-23-18-8-9-19(27-26-18)25-20-14-15(2)10-11-22-20/h4-11,14H,3,12-13H2,1-2H3,(H,23,26)(H,24,28)(H,22,25,27). The molecule has 0 aliphatic carbocycles. The van der Waals surface area contributed by atoms with Gasteiger partial charge in [-0.1, -0.05) is 0 Å². The van der Waals surface area contributed by atoms with Gasteiger partial charge in [0.15, 0.2) is 5.82 Å². The summed E-state index contributed by atoms with van der Waals surface area (Å²) in [6.45, 7) is 5.51. The molecule has 0 aliphatic heterocycles. The smallest absolute Gasteiger partial charge is 0.251 e. The molecule has 150 valence electrons. The normalized spacial score (nSPS) is 10.3. The van der Waals surface area contributed by atoms with E-state index in [-0.39, 0.29) is 5.91 Å². The number of rotatable bonds is 9. The van der Waals surface area contributed by atoms with Crippen LogP contribution in [0.25, 0.3) is 0 Å². The van der Waals surface area contributed by atoms with Crippen molar-refractivity contribution in [2.24, 2.45) is 0 Å². The highest BCUT2D eigenvalue weighted by atomic mass is 16.5. The summed E-state index contributed by atoms with van der Waals surface area (Å²) in [4.78, 5) is 16.4. The van der Waals surface area contributed by atoms with Gasteiger partial charge in [0.2, 0.25) is 0 Å². The molecular weight excluding hydrogens is 368 g/mol. The fraction of sp³-hybridized carbons (Fsp3) is 0.238. The van der Waals surface area contributed by atoms with Crippen LogP contribution in [0.1, 0.15) is 22.8 Å². The second-order valence-corrected chi connectivity index (χ2v) is 6.29. The van der Waals surface area contributed by atoms with Gasteiger partial charge >= 0.3 is 0 Å². The summed E-state index contributed by atoms with van der Waals surface area (Å²) < 4.78 is 5.37. The predicted octanol–water partition coefficient (Wildman–Crippen LogP) is 3.16. The van der Waals surface area contributed by atoms with Gasteiger partial charge in [-0.3, -0.25) is 4.79 Å². The predicted molar refractivity (Wildman–Crippen MR) is 113 cm³/mol. The molecule has 8 nitrogen and oxygen atoms in total. The number of anilines is 3. The summed E-state index contributed by atoms with van der Waals surface area (Å²) in [5.41, 5.74) is 1.70. The molecule has 1 amide bonds. The van der Waals surface area contributed by atoms with Crippen molar-refractivity contribution in [2.75, 3.05) is 30.3 Å². The Morgan fingerprint density at radius 1 is 0.966 bits per heavy atom. The van der Waals surface area contributed by atoms with Gasteiger partial charge in [-0.15, -0.1) is 10.2 Å². The minimum absolute atomic E-state index is 0.133. The molecule has 0 atom stereocenters. The quantitative estimate of drug-likeness (QED) is 0.481. The Morgan fingerprint density at radius 2 is 1.72 bits per heavy atom. The molecule has 0 saturated heterocycles. The van der Waals surface area contributed by atoms with E-state index in [0.29, 0.717) is 36.9 Å². The van der Waals surface area contributed by atoms with Crippen LogP contribution in [0.2, 0.25) is 0 Å². The second-order valence-electron chi connectivity index (χ2n) is 6.29. The SMILES string of the molecule is CCOc1ccc(C(=O)NCCNc2ccc(Nc3cc(C)ccn3)nn2)cc1. The third-order valence-electron chi connectivity index (χ3n) is 3.98. The number of pyridine rings is 1. The maximum absolute atomic E-state index is 12.1. The molecule has 0 radical (unpaired) electrons. The number of ether oxygens (including phenoxy) is 1. The number of carbonyl (C=O) groups is 1. The number of nitrogens with one attached hydrogen (secondary N) is 3. The third-order valence-corrected chi connectivity index (χ3v) is 3.98. The van der Waals surface area contributed by atoms with Gasteiger partial charge < -0.3 is 20.7 Å². The maximum atomic E-state index is 12.1. The zero-order chi connectivity index (χ0) is 20.5. The Hall–Kier alpha value is -3.68. The van der Waals surface area contributed by atoms with Crippen molar-refractivity contribution in [1.29, 1.82) is 0 Å². The number of hydrogen-bond acceptors (Lipinski definition) is 7. The molecule has 0 aliphatic rings. The highest BCUT2D eigenvalue weighted by molar-refractivity contribution is 5.94. The molecule has 3 N–H and O–H groups in total. The highest BCUT2D eigenvalue weighted by Crippen LogP contribution is 2.14. The van der Waals surface area contributed by atoms with Gasteiger partial charge in [-0.2, -0.15) is 0 Å². The molecule has 29 heavy (non-hydrogen) atoms. The summed E-state index contributed by atoms with van der Waals surface area (Å²) in [7, 11) is 0. The van der Waals surface area contributed by atoms with Crippen molar-refractivity contribution in [3.8, 4) is 5.75 Å². The Morgan fingerprint density at radius 3 is 2.41 bits per heavy atom. The lowest BCUT2D eigenvalue weighted by molar-refractivity contribution is 0.0955. The first kappa shape index (κ1) is 20.1. The maximum Gasteiger partial charge on any atom is 0.251 e. The molecule has 0 fully saturated rings. The monoisotopic (exact) mass is 392 g/mol. The highest BCUT2D eigenvalue weighted by Gasteiger charge is 2.05. The van der Waals surface area contributed by atoms with E-state index in [1.807, 2.05) is 38.1 Å². The average Bonchev–Trinajstić information content (AvgIpc) is 2.73. The van der Waals surface area contributed by atoms with Gasteiger partial charge in [-0.25, -0.2) is 4.98 Å². The largest absolute Gasteiger partial charge is 0.494 e. The van der Waals surface area contributed by atoms with Crippen molar-refractivity contribution >= 4 is 23.4 Å². The van der Waals surface area contributed by atoms with Crippen molar-refractivity contribution in [2.45, 2.75) is 13.8 Å². The van der Waals surface area contributed by atoms with Crippen LogP contribution in [0.4, 0.5) is 17.5 Å². The Kier molecular flexibility index (Phi) is 6.94. The zero-order valence-corrected chi connectivity index (χ0v) is 16.5. The Balaban J connectivity index is 1.41. The van der Waals surface area contributed by atoms with Gasteiger partial charge in [0.05, 0.1) is 6.61 Å². The summed E-state index contributed by atoms with van der Waals surface area (Å²) in [6.07, 6.45) is 1.74. The van der Waals surface area contributed by atoms with E-state index < -0.39 is 0 Å². The summed E-state index contributed by atoms with van der Waals surface area (Å²) >= 11 is 0. The molecule has 2 heterocycles. The molecule has 8 heteroatoms. The minimum Gasteiger partial charge on any atom is -0.494 e. The number of benzene rings is 1. The topological polar surface area (TPSA) is 101 Å². The molecule has 3 rings (SSSR count). The molecule has 0 unspecified atom stereocenters. The van der Waals surface area contributed by atoms with Crippen LogP contribution >= 0.6 is 0 Å². The van der Waals surface area contributed by atoms with E-state index in [4.69, 9.17) is 4.74 Å². The molecule has 3 aromatic rings. The number of hydrogen-bond donors (Lipinski definition) is 3. The van der Waals surface area contributed by atoms with Crippen molar-refractivity contribution in [3.63, 3.8) is 0 Å². The van der Waals surface area contributed by atoms with Crippen LogP contribution in [-0.2, 0) is 0 Å². The van der Waals surface area contributed by atoms with E-state index in [1.165, 1.54) is 0 Å². The van der Waals surface area contributed by atoms with Crippen LogP contribution < -0.4 is 20.7 Å². The third kappa shape index (κ3) is 6.17. The summed E-state index contributed by atoms with van der Waals surface area (Å²) in [6, 6.07) is 14.6. The van der Waals surface area contributed by atoms with Gasteiger partial charge in [0.1, 0.15) is 17.4 Å². The van der Waals surface area contributed by atoms with Crippen LogP contribution in [0.5, 0.6) is 5.75 Å². The van der Waals surface area contributed by atoms with Crippen LogP contribution in [-0.4, -0.2) is 40.8 Å². The summed E-state index contributed by atoms with van der Waals surface area (Å²) in [5, 5.41) is 17.3. The minimum atomic E-state index is -0.133. The number of carbonyl (C=O) groups excluding carboxylic acids is 1. The Bertz CT molecular complexity index is 929. The molecule has 0 bridgehead atoms. The van der Waals surface area contributed by atoms with Crippen LogP contribution in [0.3, 0.4) is 0 Å². The number of amides is 1. The van der Waals surface area contributed by atoms with Crippen LogP contribution in [0.15, 0.2) is 54.7 Å². The fourth-order valence-electron chi connectivity index (χ4n) is 2.57. The van der Waals surface area contributed by atoms with E-state index in [1.54, 1.807) is 30.5 Å². The first-order valence-corrected chi connectivity index (χ1v) is 9.42. The van der Waals surface area contributed by atoms with E-state index in [2.05, 4.69) is 31.1 Å². The van der Waals surface area contributed by atoms with Gasteiger partial charge in [-0.05, 0) is 67.9 Å². The second kappa shape index (κ2) is 10.0. The molecule has 0 spiro atoms. The van der Waals surface area contributed by atoms with Crippen molar-refractivity contribution in [1.82, 2.24) is 20.5 Å². The average molecular weight is 392 g/mol. The van der Waals surface area contributed by atoms with E-state index >= 15 is 0 Å². The van der Waals surface area contributed by atoms with E-state index in [0.717, 1.165) is 17.1 Å².